The molecule has 0 saturated heterocycles. The fourth-order valence-electron chi connectivity index (χ4n) is 2.73. The second-order valence-corrected chi connectivity index (χ2v) is 5.52. The van der Waals surface area contributed by atoms with Gasteiger partial charge < -0.3 is 10.0 Å². The Kier molecular flexibility index (Phi) is 3.63. The maximum Gasteiger partial charge on any atom is 0.416 e. The molecule has 0 spiro atoms. The summed E-state index contributed by atoms with van der Waals surface area (Å²) in [5.74, 6) is -1.14. The van der Waals surface area contributed by atoms with E-state index in [0.29, 0.717) is 24.2 Å². The van der Waals surface area contributed by atoms with Gasteiger partial charge in [0.1, 0.15) is 0 Å². The van der Waals surface area contributed by atoms with Crippen LogP contribution in [0, 0.1) is 0 Å². The van der Waals surface area contributed by atoms with Gasteiger partial charge in [0, 0.05) is 25.1 Å². The zero-order valence-corrected chi connectivity index (χ0v) is 12.3. The summed E-state index contributed by atoms with van der Waals surface area (Å²) in [5.41, 5.74) is 0.977. The van der Waals surface area contributed by atoms with Crippen LogP contribution in [-0.2, 0) is 19.1 Å². The molecule has 8 heteroatoms. The SMILES string of the molecule is CN1CCc2c(c(C(=O)O)nn2-c2ccc(C(F)(F)F)cc2)C1. The summed E-state index contributed by atoms with van der Waals surface area (Å²) in [6, 6.07) is 4.55. The number of aromatic carboxylic acids is 1. The highest BCUT2D eigenvalue weighted by Gasteiger charge is 2.31. The summed E-state index contributed by atoms with van der Waals surface area (Å²) in [4.78, 5) is 13.3. The highest BCUT2D eigenvalue weighted by atomic mass is 19.4. The number of carboxylic acids is 1. The zero-order valence-electron chi connectivity index (χ0n) is 12.3. The van der Waals surface area contributed by atoms with E-state index < -0.39 is 17.7 Å². The average Bonchev–Trinajstić information content (AvgIpc) is 2.85. The first-order valence-electron chi connectivity index (χ1n) is 6.97. The Hall–Kier alpha value is -2.35. The molecule has 5 nitrogen and oxygen atoms in total. The first-order chi connectivity index (χ1) is 10.8. The van der Waals surface area contributed by atoms with Gasteiger partial charge in [-0.05, 0) is 31.3 Å². The third-order valence-electron chi connectivity index (χ3n) is 3.89. The quantitative estimate of drug-likeness (QED) is 0.922. The smallest absolute Gasteiger partial charge is 0.416 e. The van der Waals surface area contributed by atoms with Crippen LogP contribution in [0.15, 0.2) is 24.3 Å². The Morgan fingerprint density at radius 2 is 1.91 bits per heavy atom. The van der Waals surface area contributed by atoms with E-state index in [1.807, 2.05) is 11.9 Å². The third kappa shape index (κ3) is 2.81. The molecule has 0 amide bonds. The highest BCUT2D eigenvalue weighted by Crippen LogP contribution is 2.30. The molecule has 0 fully saturated rings. The van der Waals surface area contributed by atoms with E-state index in [9.17, 15) is 23.1 Å². The van der Waals surface area contributed by atoms with Crippen LogP contribution in [0.3, 0.4) is 0 Å². The third-order valence-corrected chi connectivity index (χ3v) is 3.89. The standard InChI is InChI=1S/C15H14F3N3O2/c1-20-7-6-12-11(8-20)13(14(22)23)19-21(12)10-4-2-9(3-5-10)15(16,17)18/h2-5H,6-8H2,1H3,(H,22,23). The molecule has 1 aromatic carbocycles. The number of hydrogen-bond acceptors (Lipinski definition) is 3. The minimum atomic E-state index is -4.41. The molecule has 2 heterocycles. The van der Waals surface area contributed by atoms with Crippen molar-refractivity contribution in [3.63, 3.8) is 0 Å². The van der Waals surface area contributed by atoms with Crippen molar-refractivity contribution in [1.29, 1.82) is 0 Å². The molecule has 0 unspecified atom stereocenters. The maximum absolute atomic E-state index is 12.6. The van der Waals surface area contributed by atoms with Crippen molar-refractivity contribution in [1.82, 2.24) is 14.7 Å². The van der Waals surface area contributed by atoms with Crippen molar-refractivity contribution < 1.29 is 23.1 Å². The Labute approximate surface area is 129 Å². The summed E-state index contributed by atoms with van der Waals surface area (Å²) in [6.45, 7) is 1.19. The maximum atomic E-state index is 12.6. The summed E-state index contributed by atoms with van der Waals surface area (Å²) in [6.07, 6.45) is -3.82. The number of hydrogen-bond donors (Lipinski definition) is 1. The minimum Gasteiger partial charge on any atom is -0.476 e. The number of aromatic nitrogens is 2. The van der Waals surface area contributed by atoms with Gasteiger partial charge in [-0.2, -0.15) is 18.3 Å². The van der Waals surface area contributed by atoms with Gasteiger partial charge in [0.25, 0.3) is 0 Å². The van der Waals surface area contributed by atoms with Crippen LogP contribution in [0.1, 0.15) is 27.3 Å². The van der Waals surface area contributed by atoms with Gasteiger partial charge in [0.05, 0.1) is 16.9 Å². The average molecular weight is 325 g/mol. The van der Waals surface area contributed by atoms with Gasteiger partial charge in [-0.15, -0.1) is 0 Å². The lowest BCUT2D eigenvalue weighted by molar-refractivity contribution is -0.137. The highest BCUT2D eigenvalue weighted by molar-refractivity contribution is 5.87. The fourth-order valence-corrected chi connectivity index (χ4v) is 2.73. The molecule has 1 N–H and O–H groups in total. The van der Waals surface area contributed by atoms with E-state index in [4.69, 9.17) is 0 Å². The number of rotatable bonds is 2. The van der Waals surface area contributed by atoms with E-state index in [1.54, 1.807) is 0 Å². The molecule has 1 aliphatic rings. The number of alkyl halides is 3. The number of fused-ring (bicyclic) bond motifs is 1. The molecule has 122 valence electrons. The lowest BCUT2D eigenvalue weighted by atomic mass is 10.1. The first kappa shape index (κ1) is 15.5. The number of nitrogens with zero attached hydrogens (tertiary/aromatic N) is 3. The molecule has 3 rings (SSSR count). The molecule has 0 aliphatic carbocycles. The zero-order chi connectivity index (χ0) is 16.8. The van der Waals surface area contributed by atoms with Crippen molar-refractivity contribution in [3.8, 4) is 5.69 Å². The predicted octanol–water partition coefficient (Wildman–Crippen LogP) is 2.58. The molecule has 0 bridgehead atoms. The van der Waals surface area contributed by atoms with E-state index in [2.05, 4.69) is 5.10 Å². The second kappa shape index (κ2) is 5.38. The second-order valence-electron chi connectivity index (χ2n) is 5.52. The normalized spacial score (nSPS) is 15.5. The van der Waals surface area contributed by atoms with Crippen molar-refractivity contribution >= 4 is 5.97 Å². The topological polar surface area (TPSA) is 58.4 Å². The fraction of sp³-hybridized carbons (Fsp3) is 0.333. The largest absolute Gasteiger partial charge is 0.476 e. The number of benzene rings is 1. The minimum absolute atomic E-state index is 0.0496. The number of likely N-dealkylation sites (N-methyl/N-ethyl adjacent to an activating group) is 1. The van der Waals surface area contributed by atoms with Gasteiger partial charge in [0.15, 0.2) is 5.69 Å². The molecular formula is C15H14F3N3O2. The molecular weight excluding hydrogens is 311 g/mol. The van der Waals surface area contributed by atoms with Gasteiger partial charge >= 0.3 is 12.1 Å². The van der Waals surface area contributed by atoms with Gasteiger partial charge in [-0.25, -0.2) is 9.48 Å². The van der Waals surface area contributed by atoms with Crippen molar-refractivity contribution in [2.45, 2.75) is 19.1 Å². The Bertz CT molecular complexity index is 751. The Morgan fingerprint density at radius 3 is 2.48 bits per heavy atom. The molecule has 0 radical (unpaired) electrons. The first-order valence-corrected chi connectivity index (χ1v) is 6.97. The van der Waals surface area contributed by atoms with Gasteiger partial charge in [-0.1, -0.05) is 0 Å². The van der Waals surface area contributed by atoms with Crippen molar-refractivity contribution in [2.24, 2.45) is 0 Å². The van der Waals surface area contributed by atoms with Crippen LogP contribution in [0.25, 0.3) is 5.69 Å². The Balaban J connectivity index is 2.07. The molecule has 0 atom stereocenters. The molecule has 23 heavy (non-hydrogen) atoms. The summed E-state index contributed by atoms with van der Waals surface area (Å²) >= 11 is 0. The summed E-state index contributed by atoms with van der Waals surface area (Å²) < 4.78 is 39.4. The lowest BCUT2D eigenvalue weighted by Gasteiger charge is -2.23. The van der Waals surface area contributed by atoms with Crippen LogP contribution in [0.2, 0.25) is 0 Å². The monoisotopic (exact) mass is 325 g/mol. The number of halogens is 3. The van der Waals surface area contributed by atoms with Crippen LogP contribution in [-0.4, -0.2) is 39.3 Å². The van der Waals surface area contributed by atoms with E-state index in [-0.39, 0.29) is 5.69 Å². The van der Waals surface area contributed by atoms with Crippen molar-refractivity contribution in [3.05, 3.63) is 46.8 Å². The van der Waals surface area contributed by atoms with Crippen LogP contribution >= 0.6 is 0 Å². The Morgan fingerprint density at radius 1 is 1.26 bits per heavy atom. The van der Waals surface area contributed by atoms with E-state index in [0.717, 1.165) is 24.4 Å². The van der Waals surface area contributed by atoms with Crippen LogP contribution < -0.4 is 0 Å². The van der Waals surface area contributed by atoms with Crippen molar-refractivity contribution in [2.75, 3.05) is 13.6 Å². The predicted molar refractivity (Wildman–Crippen MR) is 75.6 cm³/mol. The van der Waals surface area contributed by atoms with Crippen LogP contribution in [0.5, 0.6) is 0 Å². The molecule has 1 aliphatic heterocycles. The molecule has 1 aromatic heterocycles. The van der Waals surface area contributed by atoms with Gasteiger partial charge in [0.2, 0.25) is 0 Å². The van der Waals surface area contributed by atoms with E-state index in [1.165, 1.54) is 16.8 Å². The summed E-state index contributed by atoms with van der Waals surface area (Å²) in [5, 5.41) is 13.4. The van der Waals surface area contributed by atoms with E-state index >= 15 is 0 Å². The summed E-state index contributed by atoms with van der Waals surface area (Å²) in [7, 11) is 1.88. The lowest BCUT2D eigenvalue weighted by Crippen LogP contribution is -2.28. The van der Waals surface area contributed by atoms with Crippen LogP contribution in [0.4, 0.5) is 13.2 Å². The van der Waals surface area contributed by atoms with Gasteiger partial charge in [-0.3, -0.25) is 0 Å². The number of carbonyl (C=O) groups is 1. The number of carboxylic acid groups (broad SMARTS) is 1. The molecule has 0 saturated carbocycles. The molecule has 2 aromatic rings.